The average molecular weight is 313 g/mol. The monoisotopic (exact) mass is 312 g/mol. The van der Waals surface area contributed by atoms with Gasteiger partial charge in [0.25, 0.3) is 0 Å². The van der Waals surface area contributed by atoms with Crippen molar-refractivity contribution in [1.29, 1.82) is 0 Å². The van der Waals surface area contributed by atoms with Crippen molar-refractivity contribution >= 4 is 5.78 Å². The molecular weight excluding hydrogens is 272 g/mol. The molecule has 132 valence electrons. The molecule has 1 atom stereocenters. The van der Waals surface area contributed by atoms with Crippen LogP contribution in [-0.2, 0) is 4.79 Å². The van der Waals surface area contributed by atoms with E-state index in [9.17, 15) is 4.79 Å². The van der Waals surface area contributed by atoms with Crippen LogP contribution in [0.3, 0.4) is 0 Å². The summed E-state index contributed by atoms with van der Waals surface area (Å²) in [5.41, 5.74) is 0. The first-order valence-electron chi connectivity index (χ1n) is 9.83. The topological polar surface area (TPSA) is 37.3 Å². The summed E-state index contributed by atoms with van der Waals surface area (Å²) in [6, 6.07) is 0. The second kappa shape index (κ2) is 17.0. The fourth-order valence-corrected chi connectivity index (χ4v) is 3.01. The van der Waals surface area contributed by atoms with Crippen molar-refractivity contribution in [2.45, 2.75) is 110 Å². The summed E-state index contributed by atoms with van der Waals surface area (Å²) in [4.78, 5) is 11.2. The normalized spacial score (nSPS) is 12.5. The molecule has 0 aromatic rings. The highest BCUT2D eigenvalue weighted by Crippen LogP contribution is 2.15. The van der Waals surface area contributed by atoms with Gasteiger partial charge in [0.15, 0.2) is 0 Å². The molecule has 2 heteroatoms. The van der Waals surface area contributed by atoms with Crippen molar-refractivity contribution in [3.8, 4) is 0 Å². The van der Waals surface area contributed by atoms with E-state index in [1.54, 1.807) is 6.92 Å². The molecule has 0 saturated heterocycles. The SMILES string of the molecule is CCCCCCCCCCCCCCCCC(CO)C(C)=O. The van der Waals surface area contributed by atoms with Gasteiger partial charge in [0.2, 0.25) is 0 Å². The van der Waals surface area contributed by atoms with Gasteiger partial charge in [0.1, 0.15) is 5.78 Å². The van der Waals surface area contributed by atoms with Crippen LogP contribution in [0.4, 0.5) is 0 Å². The molecule has 1 N–H and O–H groups in total. The highest BCUT2D eigenvalue weighted by atomic mass is 16.3. The number of Topliss-reactive ketones (excluding diaryl/α,β-unsaturated/α-hetero) is 1. The van der Waals surface area contributed by atoms with E-state index in [0.717, 1.165) is 12.8 Å². The Kier molecular flexibility index (Phi) is 16.7. The van der Waals surface area contributed by atoms with E-state index in [2.05, 4.69) is 6.92 Å². The zero-order valence-corrected chi connectivity index (χ0v) is 15.2. The smallest absolute Gasteiger partial charge is 0.135 e. The molecule has 0 bridgehead atoms. The highest BCUT2D eigenvalue weighted by Gasteiger charge is 2.11. The molecule has 0 heterocycles. The van der Waals surface area contributed by atoms with Gasteiger partial charge in [-0.2, -0.15) is 0 Å². The van der Waals surface area contributed by atoms with Crippen molar-refractivity contribution in [2.24, 2.45) is 5.92 Å². The van der Waals surface area contributed by atoms with Gasteiger partial charge in [-0.05, 0) is 13.3 Å². The predicted molar refractivity (Wildman–Crippen MR) is 96.2 cm³/mol. The fraction of sp³-hybridized carbons (Fsp3) is 0.950. The third-order valence-corrected chi connectivity index (χ3v) is 4.70. The lowest BCUT2D eigenvalue weighted by molar-refractivity contribution is -0.122. The van der Waals surface area contributed by atoms with Crippen LogP contribution in [0.2, 0.25) is 0 Å². The summed E-state index contributed by atoms with van der Waals surface area (Å²) in [6.45, 7) is 3.88. The largest absolute Gasteiger partial charge is 0.396 e. The van der Waals surface area contributed by atoms with Gasteiger partial charge in [0, 0.05) is 5.92 Å². The Hall–Kier alpha value is -0.370. The van der Waals surface area contributed by atoms with Gasteiger partial charge < -0.3 is 5.11 Å². The van der Waals surface area contributed by atoms with Crippen molar-refractivity contribution in [2.75, 3.05) is 6.61 Å². The molecular formula is C20H40O2. The lowest BCUT2D eigenvalue weighted by Crippen LogP contribution is -2.15. The van der Waals surface area contributed by atoms with Crippen molar-refractivity contribution < 1.29 is 9.90 Å². The number of aliphatic hydroxyl groups is 1. The molecule has 0 saturated carbocycles. The zero-order chi connectivity index (χ0) is 16.5. The Morgan fingerprint density at radius 1 is 0.727 bits per heavy atom. The number of carbonyl (C=O) groups excluding carboxylic acids is 1. The lowest BCUT2D eigenvalue weighted by Gasteiger charge is -2.09. The minimum absolute atomic E-state index is 0.0216. The Bertz CT molecular complexity index is 238. The van der Waals surface area contributed by atoms with E-state index in [4.69, 9.17) is 5.11 Å². The van der Waals surface area contributed by atoms with Crippen molar-refractivity contribution in [3.63, 3.8) is 0 Å². The molecule has 0 aliphatic heterocycles. The van der Waals surface area contributed by atoms with Gasteiger partial charge >= 0.3 is 0 Å². The first-order chi connectivity index (χ1) is 10.7. The molecule has 2 nitrogen and oxygen atoms in total. The predicted octanol–water partition coefficient (Wildman–Crippen LogP) is 6.06. The van der Waals surface area contributed by atoms with Crippen LogP contribution in [-0.4, -0.2) is 17.5 Å². The number of hydrogen-bond donors (Lipinski definition) is 1. The first-order valence-corrected chi connectivity index (χ1v) is 9.83. The number of unbranched alkanes of at least 4 members (excludes halogenated alkanes) is 13. The van der Waals surface area contributed by atoms with E-state index >= 15 is 0 Å². The molecule has 0 radical (unpaired) electrons. The number of ketones is 1. The third-order valence-electron chi connectivity index (χ3n) is 4.70. The van der Waals surface area contributed by atoms with Gasteiger partial charge in [0.05, 0.1) is 6.61 Å². The molecule has 1 unspecified atom stereocenters. The number of carbonyl (C=O) groups is 1. The van der Waals surface area contributed by atoms with E-state index in [-0.39, 0.29) is 18.3 Å². The maximum Gasteiger partial charge on any atom is 0.135 e. The van der Waals surface area contributed by atoms with Crippen LogP contribution in [0.1, 0.15) is 110 Å². The van der Waals surface area contributed by atoms with Crippen LogP contribution >= 0.6 is 0 Å². The lowest BCUT2D eigenvalue weighted by atomic mass is 9.97. The molecule has 0 rings (SSSR count). The Balaban J connectivity index is 3.13. The number of hydrogen-bond acceptors (Lipinski definition) is 2. The van der Waals surface area contributed by atoms with Crippen LogP contribution in [0.5, 0.6) is 0 Å². The van der Waals surface area contributed by atoms with E-state index in [1.165, 1.54) is 83.5 Å². The maximum atomic E-state index is 11.2. The van der Waals surface area contributed by atoms with E-state index in [0.29, 0.717) is 0 Å². The molecule has 0 fully saturated rings. The maximum absolute atomic E-state index is 11.2. The fourth-order valence-electron chi connectivity index (χ4n) is 3.01. The second-order valence-corrected chi connectivity index (χ2v) is 6.88. The quantitative estimate of drug-likeness (QED) is 0.332. The molecule has 22 heavy (non-hydrogen) atoms. The standard InChI is InChI=1S/C20H40O2/c1-3-4-5-6-7-8-9-10-11-12-13-14-15-16-17-20(18-21)19(2)22/h20-21H,3-18H2,1-2H3. The first kappa shape index (κ1) is 21.6. The van der Waals surface area contributed by atoms with Gasteiger partial charge in [-0.1, -0.05) is 96.8 Å². The summed E-state index contributed by atoms with van der Waals surface area (Å²) >= 11 is 0. The van der Waals surface area contributed by atoms with E-state index in [1.807, 2.05) is 0 Å². The molecule has 0 spiro atoms. The minimum Gasteiger partial charge on any atom is -0.396 e. The second-order valence-electron chi connectivity index (χ2n) is 6.88. The van der Waals surface area contributed by atoms with E-state index < -0.39 is 0 Å². The molecule has 0 aromatic carbocycles. The minimum atomic E-state index is -0.114. The summed E-state index contributed by atoms with van der Waals surface area (Å²) in [5.74, 6) is 0.0227. The average Bonchev–Trinajstić information content (AvgIpc) is 2.51. The molecule has 0 aromatic heterocycles. The Labute approximate surface area is 139 Å². The van der Waals surface area contributed by atoms with Crippen LogP contribution in [0.15, 0.2) is 0 Å². The Morgan fingerprint density at radius 2 is 1.09 bits per heavy atom. The van der Waals surface area contributed by atoms with Crippen LogP contribution < -0.4 is 0 Å². The highest BCUT2D eigenvalue weighted by molar-refractivity contribution is 5.78. The summed E-state index contributed by atoms with van der Waals surface area (Å²) < 4.78 is 0. The van der Waals surface area contributed by atoms with Gasteiger partial charge in [-0.25, -0.2) is 0 Å². The summed E-state index contributed by atoms with van der Waals surface area (Å²) in [5, 5.41) is 9.08. The number of rotatable bonds is 17. The van der Waals surface area contributed by atoms with Crippen molar-refractivity contribution in [1.82, 2.24) is 0 Å². The molecule has 0 amide bonds. The summed E-state index contributed by atoms with van der Waals surface area (Å²) in [7, 11) is 0. The van der Waals surface area contributed by atoms with Gasteiger partial charge in [-0.15, -0.1) is 0 Å². The van der Waals surface area contributed by atoms with Crippen LogP contribution in [0, 0.1) is 5.92 Å². The van der Waals surface area contributed by atoms with Gasteiger partial charge in [-0.3, -0.25) is 4.79 Å². The third kappa shape index (κ3) is 14.6. The number of aliphatic hydroxyl groups excluding tert-OH is 1. The summed E-state index contributed by atoms with van der Waals surface area (Å²) in [6.07, 6.45) is 19.8. The molecule has 0 aliphatic rings. The molecule has 0 aliphatic carbocycles. The van der Waals surface area contributed by atoms with Crippen LogP contribution in [0.25, 0.3) is 0 Å². The van der Waals surface area contributed by atoms with Crippen molar-refractivity contribution in [3.05, 3.63) is 0 Å². The zero-order valence-electron chi connectivity index (χ0n) is 15.2. The Morgan fingerprint density at radius 3 is 1.41 bits per heavy atom.